The molecule has 2 aromatic heterocycles. The minimum absolute atomic E-state index is 0.138. The number of fused-ring (bicyclic) bond motifs is 1. The largest absolute Gasteiger partial charge is 0.497 e. The number of anilines is 1. The van der Waals surface area contributed by atoms with Crippen molar-refractivity contribution in [2.45, 2.75) is 6.18 Å². The van der Waals surface area contributed by atoms with Gasteiger partial charge in [-0.15, -0.1) is 0 Å². The van der Waals surface area contributed by atoms with Gasteiger partial charge < -0.3 is 10.1 Å². The van der Waals surface area contributed by atoms with Crippen molar-refractivity contribution in [2.24, 2.45) is 0 Å². The van der Waals surface area contributed by atoms with E-state index in [1.54, 1.807) is 30.3 Å². The van der Waals surface area contributed by atoms with E-state index in [0.717, 1.165) is 9.04 Å². The molecule has 0 unspecified atom stereocenters. The number of hydrogen-bond donors (Lipinski definition) is 1. The normalized spacial score (nSPS) is 11.5. The molecule has 2 heterocycles. The standard InChI is InChI=1S/C21H14BrF3N4O2/c1-31-15-7-8-17-16(10-15)27-20(21(23,24)25)29(17)14-6-9-18(26-11-14)28-19(30)12-2-4-13(22)5-3-12/h2-11H,1H3,(H,26,28,30). The first-order valence-corrected chi connectivity index (χ1v) is 9.72. The number of hydrogen-bond acceptors (Lipinski definition) is 4. The molecule has 0 saturated carbocycles. The Hall–Kier alpha value is -3.40. The molecular formula is C21H14BrF3N4O2. The second-order valence-corrected chi connectivity index (χ2v) is 7.40. The number of carbonyl (C=O) groups is 1. The number of nitrogens with zero attached hydrogens (tertiary/aromatic N) is 3. The lowest BCUT2D eigenvalue weighted by atomic mass is 10.2. The number of benzene rings is 2. The van der Waals surface area contributed by atoms with Crippen LogP contribution in [0, 0.1) is 0 Å². The number of amides is 1. The van der Waals surface area contributed by atoms with Gasteiger partial charge in [-0.05, 0) is 48.5 Å². The van der Waals surface area contributed by atoms with Crippen molar-refractivity contribution in [3.05, 3.63) is 76.7 Å². The lowest BCUT2D eigenvalue weighted by Crippen LogP contribution is -2.15. The monoisotopic (exact) mass is 490 g/mol. The first-order valence-electron chi connectivity index (χ1n) is 8.93. The molecule has 0 spiro atoms. The van der Waals surface area contributed by atoms with Crippen molar-refractivity contribution in [3.8, 4) is 11.4 Å². The summed E-state index contributed by atoms with van der Waals surface area (Å²) in [5.41, 5.74) is 0.963. The molecule has 0 aliphatic carbocycles. The summed E-state index contributed by atoms with van der Waals surface area (Å²) in [4.78, 5) is 20.2. The van der Waals surface area contributed by atoms with Crippen LogP contribution in [0.15, 0.2) is 65.3 Å². The third kappa shape index (κ3) is 4.24. The molecule has 0 atom stereocenters. The van der Waals surface area contributed by atoms with E-state index in [9.17, 15) is 18.0 Å². The molecule has 10 heteroatoms. The van der Waals surface area contributed by atoms with Gasteiger partial charge in [-0.3, -0.25) is 9.36 Å². The van der Waals surface area contributed by atoms with Crippen LogP contribution in [0.5, 0.6) is 5.75 Å². The van der Waals surface area contributed by atoms with Crippen molar-refractivity contribution in [1.82, 2.24) is 14.5 Å². The average Bonchev–Trinajstić information content (AvgIpc) is 3.14. The number of nitrogens with one attached hydrogen (secondary N) is 1. The van der Waals surface area contributed by atoms with Crippen LogP contribution >= 0.6 is 15.9 Å². The van der Waals surface area contributed by atoms with E-state index < -0.39 is 12.0 Å². The molecule has 0 aliphatic rings. The number of halogens is 4. The van der Waals surface area contributed by atoms with E-state index in [0.29, 0.717) is 11.3 Å². The topological polar surface area (TPSA) is 69.0 Å². The maximum atomic E-state index is 13.6. The summed E-state index contributed by atoms with van der Waals surface area (Å²) in [5, 5.41) is 2.62. The van der Waals surface area contributed by atoms with Crippen LogP contribution in [0.2, 0.25) is 0 Å². The molecule has 4 rings (SSSR count). The molecule has 0 radical (unpaired) electrons. The van der Waals surface area contributed by atoms with Gasteiger partial charge in [-0.1, -0.05) is 15.9 Å². The SMILES string of the molecule is COc1ccc2c(c1)nc(C(F)(F)F)n2-c1ccc(NC(=O)c2ccc(Br)cc2)nc1. The fraction of sp³-hybridized carbons (Fsp3) is 0.0952. The zero-order valence-corrected chi connectivity index (χ0v) is 17.5. The summed E-state index contributed by atoms with van der Waals surface area (Å²) in [6.07, 6.45) is -3.43. The van der Waals surface area contributed by atoms with Crippen LogP contribution in [0.25, 0.3) is 16.7 Å². The van der Waals surface area contributed by atoms with Crippen molar-refractivity contribution < 1.29 is 22.7 Å². The molecule has 0 aliphatic heterocycles. The molecule has 31 heavy (non-hydrogen) atoms. The molecule has 1 amide bonds. The van der Waals surface area contributed by atoms with Gasteiger partial charge in [-0.25, -0.2) is 9.97 Å². The predicted molar refractivity (Wildman–Crippen MR) is 113 cm³/mol. The quantitative estimate of drug-likeness (QED) is 0.412. The number of carbonyl (C=O) groups excluding carboxylic acids is 1. The molecule has 2 aromatic carbocycles. The summed E-state index contributed by atoms with van der Waals surface area (Å²) >= 11 is 3.29. The number of pyridine rings is 1. The number of methoxy groups -OCH3 is 1. The van der Waals surface area contributed by atoms with E-state index in [1.165, 1.54) is 37.6 Å². The van der Waals surface area contributed by atoms with Gasteiger partial charge in [0.05, 0.1) is 30.0 Å². The predicted octanol–water partition coefficient (Wildman–Crippen LogP) is 5.46. The molecule has 6 nitrogen and oxygen atoms in total. The summed E-state index contributed by atoms with van der Waals surface area (Å²) in [5.74, 6) is -0.862. The highest BCUT2D eigenvalue weighted by atomic mass is 79.9. The second kappa shape index (κ2) is 8.03. The Balaban J connectivity index is 1.68. The highest BCUT2D eigenvalue weighted by molar-refractivity contribution is 9.10. The Morgan fingerprint density at radius 1 is 1.10 bits per heavy atom. The minimum atomic E-state index is -4.68. The smallest absolute Gasteiger partial charge is 0.450 e. The minimum Gasteiger partial charge on any atom is -0.497 e. The van der Waals surface area contributed by atoms with Crippen LogP contribution in [-0.2, 0) is 6.18 Å². The van der Waals surface area contributed by atoms with Gasteiger partial charge in [0.15, 0.2) is 0 Å². The first kappa shape index (κ1) is 20.9. The van der Waals surface area contributed by atoms with Crippen molar-refractivity contribution in [2.75, 3.05) is 12.4 Å². The lowest BCUT2D eigenvalue weighted by Gasteiger charge is -2.12. The third-order valence-corrected chi connectivity index (χ3v) is 5.00. The number of ether oxygens (including phenoxy) is 1. The van der Waals surface area contributed by atoms with Crippen LogP contribution in [0.4, 0.5) is 19.0 Å². The zero-order chi connectivity index (χ0) is 22.2. The Morgan fingerprint density at radius 2 is 1.84 bits per heavy atom. The Morgan fingerprint density at radius 3 is 2.45 bits per heavy atom. The van der Waals surface area contributed by atoms with Gasteiger partial charge in [0.25, 0.3) is 5.91 Å². The second-order valence-electron chi connectivity index (χ2n) is 6.49. The number of rotatable bonds is 4. The van der Waals surface area contributed by atoms with Gasteiger partial charge in [0, 0.05) is 16.1 Å². The van der Waals surface area contributed by atoms with Crippen molar-refractivity contribution in [1.29, 1.82) is 0 Å². The Kier molecular flexibility index (Phi) is 5.40. The van der Waals surface area contributed by atoms with Crippen LogP contribution < -0.4 is 10.1 Å². The maximum Gasteiger partial charge on any atom is 0.450 e. The molecule has 158 valence electrons. The number of aromatic nitrogens is 3. The summed E-state index contributed by atoms with van der Waals surface area (Å²) in [7, 11) is 1.42. The fourth-order valence-corrected chi connectivity index (χ4v) is 3.28. The van der Waals surface area contributed by atoms with E-state index in [2.05, 4.69) is 31.2 Å². The average molecular weight is 491 g/mol. The molecular weight excluding hydrogens is 477 g/mol. The number of imidazole rings is 1. The molecule has 4 aromatic rings. The highest BCUT2D eigenvalue weighted by Gasteiger charge is 2.38. The van der Waals surface area contributed by atoms with E-state index in [-0.39, 0.29) is 28.4 Å². The number of alkyl halides is 3. The zero-order valence-electron chi connectivity index (χ0n) is 15.9. The highest BCUT2D eigenvalue weighted by Crippen LogP contribution is 2.34. The Bertz CT molecular complexity index is 1250. The molecule has 0 fully saturated rings. The van der Waals surface area contributed by atoms with Crippen molar-refractivity contribution in [3.63, 3.8) is 0 Å². The van der Waals surface area contributed by atoms with E-state index in [4.69, 9.17) is 4.74 Å². The molecule has 1 N–H and O–H groups in total. The maximum absolute atomic E-state index is 13.6. The van der Waals surface area contributed by atoms with Crippen LogP contribution in [0.3, 0.4) is 0 Å². The fourth-order valence-electron chi connectivity index (χ4n) is 3.02. The van der Waals surface area contributed by atoms with Crippen molar-refractivity contribution >= 4 is 38.7 Å². The first-order chi connectivity index (χ1) is 14.8. The van der Waals surface area contributed by atoms with Gasteiger partial charge in [0.2, 0.25) is 5.82 Å². The van der Waals surface area contributed by atoms with E-state index in [1.807, 2.05) is 0 Å². The van der Waals surface area contributed by atoms with Crippen LogP contribution in [0.1, 0.15) is 16.2 Å². The molecule has 0 bridgehead atoms. The summed E-state index contributed by atoms with van der Waals surface area (Å²) < 4.78 is 47.8. The van der Waals surface area contributed by atoms with Gasteiger partial charge in [-0.2, -0.15) is 13.2 Å². The summed E-state index contributed by atoms with van der Waals surface area (Å²) in [6, 6.07) is 14.1. The van der Waals surface area contributed by atoms with Gasteiger partial charge >= 0.3 is 6.18 Å². The van der Waals surface area contributed by atoms with Gasteiger partial charge in [0.1, 0.15) is 11.6 Å². The van der Waals surface area contributed by atoms with E-state index >= 15 is 0 Å². The van der Waals surface area contributed by atoms with Crippen LogP contribution in [-0.4, -0.2) is 27.6 Å². The Labute approximate surface area is 182 Å². The molecule has 0 saturated heterocycles. The lowest BCUT2D eigenvalue weighted by molar-refractivity contribution is -0.145. The summed E-state index contributed by atoms with van der Waals surface area (Å²) in [6.45, 7) is 0. The third-order valence-electron chi connectivity index (χ3n) is 4.47.